The fourth-order valence-electron chi connectivity index (χ4n) is 7.15. The van der Waals surface area contributed by atoms with Crippen LogP contribution in [-0.4, -0.2) is 39.6 Å². The summed E-state index contributed by atoms with van der Waals surface area (Å²) >= 11 is 1.27. The second-order valence-electron chi connectivity index (χ2n) is 10.5. The molecule has 3 aromatic heterocycles. The van der Waals surface area contributed by atoms with E-state index in [0.717, 1.165) is 44.6 Å². The monoisotopic (exact) mass is 518 g/mol. The van der Waals surface area contributed by atoms with Gasteiger partial charge in [0.1, 0.15) is 6.04 Å². The molecule has 1 amide bonds. The summed E-state index contributed by atoms with van der Waals surface area (Å²) in [5.74, 6) is 0.361. The zero-order valence-electron chi connectivity index (χ0n) is 19.5. The molecule has 4 aliphatic carbocycles. The number of carbonyl (C=O) groups excluding carboxylic acids is 2. The van der Waals surface area contributed by atoms with Crippen LogP contribution in [-0.2, 0) is 15.7 Å². The fourth-order valence-corrected chi connectivity index (χ4v) is 7.84. The Bertz CT molecular complexity index is 1300. The molecule has 0 spiro atoms. The van der Waals surface area contributed by atoms with Gasteiger partial charge in [0.05, 0.1) is 17.7 Å². The van der Waals surface area contributed by atoms with Crippen molar-refractivity contribution in [1.29, 1.82) is 0 Å². The Hall–Kier alpha value is -2.95. The molecule has 0 radical (unpaired) electrons. The van der Waals surface area contributed by atoms with E-state index in [-0.39, 0.29) is 17.0 Å². The van der Waals surface area contributed by atoms with Gasteiger partial charge in [-0.05, 0) is 73.8 Å². The number of fused-ring (bicyclic) bond motifs is 1. The van der Waals surface area contributed by atoms with Gasteiger partial charge in [-0.15, -0.1) is 11.3 Å². The predicted molar refractivity (Wildman–Crippen MR) is 125 cm³/mol. The third-order valence-corrected chi connectivity index (χ3v) is 9.03. The van der Waals surface area contributed by atoms with Crippen LogP contribution in [0.3, 0.4) is 0 Å². The maximum Gasteiger partial charge on any atom is 0.433 e. The summed E-state index contributed by atoms with van der Waals surface area (Å²) in [7, 11) is 1.29. The molecular formula is C25H25F3N4O3S. The molecule has 0 aromatic carbocycles. The third kappa shape index (κ3) is 3.88. The van der Waals surface area contributed by atoms with E-state index in [2.05, 4.69) is 15.4 Å². The molecule has 7 rings (SSSR count). The minimum Gasteiger partial charge on any atom is -0.467 e. The molecular weight excluding hydrogens is 493 g/mol. The van der Waals surface area contributed by atoms with Gasteiger partial charge in [0, 0.05) is 11.5 Å². The Balaban J connectivity index is 1.35. The molecule has 1 unspecified atom stereocenters. The van der Waals surface area contributed by atoms with Crippen LogP contribution in [0.25, 0.3) is 16.2 Å². The van der Waals surface area contributed by atoms with E-state index in [0.29, 0.717) is 27.1 Å². The summed E-state index contributed by atoms with van der Waals surface area (Å²) in [6.45, 7) is 0. The summed E-state index contributed by atoms with van der Waals surface area (Å²) in [5.41, 5.74) is -1.59. The number of nitrogens with one attached hydrogen (secondary N) is 1. The number of hydrogen-bond acceptors (Lipinski definition) is 6. The van der Waals surface area contributed by atoms with Crippen LogP contribution in [0.2, 0.25) is 0 Å². The molecule has 4 bridgehead atoms. The Morgan fingerprint density at radius 1 is 1.17 bits per heavy atom. The van der Waals surface area contributed by atoms with E-state index >= 15 is 0 Å². The SMILES string of the molecule is COC(=O)C(NC(=O)c1cc2nc(-c3cccs3)cc(C(F)(F)F)n2n1)C12CC3CC(CC(C3)C1)C2. The second kappa shape index (κ2) is 8.29. The Morgan fingerprint density at radius 3 is 2.39 bits per heavy atom. The van der Waals surface area contributed by atoms with Crippen LogP contribution in [0.15, 0.2) is 29.6 Å². The Morgan fingerprint density at radius 2 is 1.83 bits per heavy atom. The minimum absolute atomic E-state index is 0.0946. The maximum absolute atomic E-state index is 13.9. The van der Waals surface area contributed by atoms with Crippen LogP contribution in [0, 0.1) is 23.2 Å². The molecule has 0 saturated heterocycles. The van der Waals surface area contributed by atoms with E-state index < -0.39 is 35.2 Å². The van der Waals surface area contributed by atoms with Crippen molar-refractivity contribution < 1.29 is 27.5 Å². The maximum atomic E-state index is 13.9. The van der Waals surface area contributed by atoms with Crippen molar-refractivity contribution in [3.8, 4) is 10.6 Å². The molecule has 11 heteroatoms. The number of esters is 1. The normalized spacial score (nSPS) is 27.8. The van der Waals surface area contributed by atoms with E-state index in [1.807, 2.05) is 0 Å². The van der Waals surface area contributed by atoms with Gasteiger partial charge in [0.25, 0.3) is 5.91 Å². The average molecular weight is 519 g/mol. The molecule has 4 fully saturated rings. The van der Waals surface area contributed by atoms with Crippen LogP contribution in [0.4, 0.5) is 13.2 Å². The molecule has 4 saturated carbocycles. The number of carbonyl (C=O) groups is 2. The number of nitrogens with zero attached hydrogens (tertiary/aromatic N) is 3. The van der Waals surface area contributed by atoms with Gasteiger partial charge >= 0.3 is 12.1 Å². The first-order chi connectivity index (χ1) is 17.1. The molecule has 190 valence electrons. The highest BCUT2D eigenvalue weighted by atomic mass is 32.1. The second-order valence-corrected chi connectivity index (χ2v) is 11.5. The number of aromatic nitrogens is 3. The van der Waals surface area contributed by atoms with Gasteiger partial charge in [-0.3, -0.25) is 4.79 Å². The number of ether oxygens (including phenoxy) is 1. The number of hydrogen-bond donors (Lipinski definition) is 1. The summed E-state index contributed by atoms with van der Waals surface area (Å²) in [6, 6.07) is 4.70. The van der Waals surface area contributed by atoms with Gasteiger partial charge in [-0.25, -0.2) is 14.3 Å². The van der Waals surface area contributed by atoms with Crippen molar-refractivity contribution in [1.82, 2.24) is 19.9 Å². The summed E-state index contributed by atoms with van der Waals surface area (Å²) < 4.78 is 47.4. The van der Waals surface area contributed by atoms with Crippen molar-refractivity contribution in [2.45, 2.75) is 50.7 Å². The van der Waals surface area contributed by atoms with Crippen molar-refractivity contribution in [2.24, 2.45) is 23.2 Å². The quantitative estimate of drug-likeness (QED) is 0.483. The first kappa shape index (κ1) is 23.4. The summed E-state index contributed by atoms with van der Waals surface area (Å²) in [4.78, 5) is 31.1. The summed E-state index contributed by atoms with van der Waals surface area (Å²) in [5, 5.41) is 8.52. The van der Waals surface area contributed by atoms with Gasteiger partial charge in [0.15, 0.2) is 17.0 Å². The third-order valence-electron chi connectivity index (χ3n) is 8.13. The highest BCUT2D eigenvalue weighted by molar-refractivity contribution is 7.13. The molecule has 3 heterocycles. The number of halogens is 3. The molecule has 36 heavy (non-hydrogen) atoms. The largest absolute Gasteiger partial charge is 0.467 e. The highest BCUT2D eigenvalue weighted by Crippen LogP contribution is 2.61. The van der Waals surface area contributed by atoms with Gasteiger partial charge < -0.3 is 10.1 Å². The molecule has 3 aromatic rings. The Kier molecular flexibility index (Phi) is 5.40. The molecule has 4 aliphatic rings. The first-order valence-electron chi connectivity index (χ1n) is 12.1. The number of alkyl halides is 3. The van der Waals surface area contributed by atoms with Crippen LogP contribution in [0.5, 0.6) is 0 Å². The van der Waals surface area contributed by atoms with Crippen molar-refractivity contribution in [3.63, 3.8) is 0 Å². The van der Waals surface area contributed by atoms with Crippen LogP contribution >= 0.6 is 11.3 Å². The predicted octanol–water partition coefficient (Wildman–Crippen LogP) is 4.96. The zero-order chi connectivity index (χ0) is 25.2. The standard InChI is InChI=1S/C25H25F3N4O3S/c1-35-23(34)21(24-10-13-5-14(11-24)7-15(6-13)12-24)30-22(33)17-9-20-29-16(18-3-2-4-36-18)8-19(25(26,27)28)32(20)31-17/h2-4,8-9,13-15,21H,5-7,10-12H2,1H3,(H,30,33). The van der Waals surface area contributed by atoms with Crippen molar-refractivity contribution >= 4 is 28.9 Å². The van der Waals surface area contributed by atoms with Crippen LogP contribution < -0.4 is 5.32 Å². The average Bonchev–Trinajstić information content (AvgIpc) is 3.49. The minimum atomic E-state index is -4.71. The van der Waals surface area contributed by atoms with E-state index in [4.69, 9.17) is 4.74 Å². The number of thiophene rings is 1. The topological polar surface area (TPSA) is 85.6 Å². The van der Waals surface area contributed by atoms with Crippen molar-refractivity contribution in [3.05, 3.63) is 41.0 Å². The Labute approximate surface area is 209 Å². The van der Waals surface area contributed by atoms with Gasteiger partial charge in [-0.2, -0.15) is 18.3 Å². The van der Waals surface area contributed by atoms with E-state index in [9.17, 15) is 22.8 Å². The lowest BCUT2D eigenvalue weighted by atomic mass is 9.47. The first-order valence-corrected chi connectivity index (χ1v) is 12.9. The fraction of sp³-hybridized carbons (Fsp3) is 0.520. The molecule has 7 nitrogen and oxygen atoms in total. The summed E-state index contributed by atoms with van der Waals surface area (Å²) in [6.07, 6.45) is 1.29. The zero-order valence-corrected chi connectivity index (χ0v) is 20.4. The number of methoxy groups -OCH3 is 1. The van der Waals surface area contributed by atoms with Crippen molar-refractivity contribution in [2.75, 3.05) is 7.11 Å². The smallest absolute Gasteiger partial charge is 0.433 e. The number of rotatable bonds is 5. The van der Waals surface area contributed by atoms with Gasteiger partial charge in [-0.1, -0.05) is 6.07 Å². The molecule has 1 N–H and O–H groups in total. The van der Waals surface area contributed by atoms with Gasteiger partial charge in [0.2, 0.25) is 0 Å². The lowest BCUT2D eigenvalue weighted by Gasteiger charge is -2.58. The highest BCUT2D eigenvalue weighted by Gasteiger charge is 2.57. The lowest BCUT2D eigenvalue weighted by molar-refractivity contribution is -0.154. The molecule has 0 aliphatic heterocycles. The molecule has 1 atom stereocenters. The van der Waals surface area contributed by atoms with E-state index in [1.54, 1.807) is 17.5 Å². The van der Waals surface area contributed by atoms with E-state index in [1.165, 1.54) is 24.5 Å². The lowest BCUT2D eigenvalue weighted by Crippen LogP contribution is -2.60. The van der Waals surface area contributed by atoms with Crippen LogP contribution in [0.1, 0.15) is 54.7 Å². The number of amides is 1.